The molecule has 0 spiro atoms. The molecule has 1 heterocycles. The number of halogens is 1. The monoisotopic (exact) mass is 318 g/mol. The molecule has 2 aromatic rings. The molecule has 0 aliphatic carbocycles. The third-order valence-electron chi connectivity index (χ3n) is 3.95. The molecule has 19 heavy (non-hydrogen) atoms. The Morgan fingerprint density at radius 3 is 2.79 bits per heavy atom. The maximum Gasteiger partial charge on any atom is 0.0505 e. The normalized spacial score (nSPS) is 21.4. The van der Waals surface area contributed by atoms with Gasteiger partial charge in [0.2, 0.25) is 0 Å². The third kappa shape index (κ3) is 3.18. The van der Waals surface area contributed by atoms with Crippen molar-refractivity contribution in [3.05, 3.63) is 48.0 Å². The van der Waals surface area contributed by atoms with Crippen LogP contribution in [0.2, 0.25) is 0 Å². The van der Waals surface area contributed by atoms with Crippen molar-refractivity contribution in [2.24, 2.45) is 5.92 Å². The van der Waals surface area contributed by atoms with Gasteiger partial charge in [-0.1, -0.05) is 58.4 Å². The van der Waals surface area contributed by atoms with Crippen molar-refractivity contribution in [2.75, 3.05) is 13.2 Å². The first-order valence-corrected chi connectivity index (χ1v) is 7.94. The minimum atomic E-state index is 0.522. The Bertz CT molecular complexity index is 546. The number of hydrogen-bond acceptors (Lipinski definition) is 1. The number of benzene rings is 2. The van der Waals surface area contributed by atoms with E-state index in [1.807, 2.05) is 0 Å². The molecule has 2 aromatic carbocycles. The van der Waals surface area contributed by atoms with Crippen molar-refractivity contribution in [2.45, 2.75) is 24.1 Å². The predicted octanol–water partition coefficient (Wildman–Crippen LogP) is 4.57. The van der Waals surface area contributed by atoms with Gasteiger partial charge in [0, 0.05) is 11.4 Å². The quantitative estimate of drug-likeness (QED) is 0.753. The van der Waals surface area contributed by atoms with Crippen LogP contribution < -0.4 is 0 Å². The van der Waals surface area contributed by atoms with Crippen LogP contribution in [0, 0.1) is 5.92 Å². The van der Waals surface area contributed by atoms with Crippen LogP contribution in [0.4, 0.5) is 0 Å². The van der Waals surface area contributed by atoms with E-state index >= 15 is 0 Å². The Hall–Kier alpha value is -0.860. The number of fused-ring (bicyclic) bond motifs is 1. The van der Waals surface area contributed by atoms with E-state index in [-0.39, 0.29) is 0 Å². The summed E-state index contributed by atoms with van der Waals surface area (Å²) >= 11 is 3.86. The second kappa shape index (κ2) is 6.06. The summed E-state index contributed by atoms with van der Waals surface area (Å²) in [5.74, 6) is 0.653. The largest absolute Gasteiger partial charge is 0.381 e. The Morgan fingerprint density at radius 1 is 1.16 bits per heavy atom. The van der Waals surface area contributed by atoms with Crippen LogP contribution in [0.25, 0.3) is 10.8 Å². The fraction of sp³-hybridized carbons (Fsp3) is 0.412. The van der Waals surface area contributed by atoms with Gasteiger partial charge in [-0.15, -0.1) is 0 Å². The maximum absolute atomic E-state index is 5.58. The van der Waals surface area contributed by atoms with Crippen LogP contribution in [-0.2, 0) is 11.2 Å². The molecule has 1 aliphatic rings. The van der Waals surface area contributed by atoms with Gasteiger partial charge in [0.25, 0.3) is 0 Å². The molecule has 0 radical (unpaired) electrons. The number of hydrogen-bond donors (Lipinski definition) is 0. The topological polar surface area (TPSA) is 9.23 Å². The van der Waals surface area contributed by atoms with Crippen LogP contribution >= 0.6 is 15.9 Å². The summed E-state index contributed by atoms with van der Waals surface area (Å²) in [7, 11) is 0. The van der Waals surface area contributed by atoms with Gasteiger partial charge in [-0.3, -0.25) is 0 Å². The van der Waals surface area contributed by atoms with Gasteiger partial charge in [-0.05, 0) is 41.5 Å². The maximum atomic E-state index is 5.58. The lowest BCUT2D eigenvalue weighted by Crippen LogP contribution is -2.26. The second-order valence-electron chi connectivity index (χ2n) is 5.38. The summed E-state index contributed by atoms with van der Waals surface area (Å²) in [6.07, 6.45) is 3.56. The zero-order valence-corrected chi connectivity index (χ0v) is 12.6. The van der Waals surface area contributed by atoms with E-state index < -0.39 is 0 Å². The van der Waals surface area contributed by atoms with Gasteiger partial charge in [-0.2, -0.15) is 0 Å². The summed E-state index contributed by atoms with van der Waals surface area (Å²) in [6.45, 7) is 1.84. The molecule has 1 fully saturated rings. The molecule has 0 N–H and O–H groups in total. The molecule has 2 atom stereocenters. The van der Waals surface area contributed by atoms with E-state index in [2.05, 4.69) is 58.4 Å². The molecule has 0 amide bonds. The average molecular weight is 319 g/mol. The number of alkyl halides is 1. The molecule has 2 heteroatoms. The standard InChI is InChI=1S/C17H19BrO/c18-17(16-6-3-9-19-12-16)11-13-7-8-14-4-1-2-5-15(14)10-13/h1-2,4-5,7-8,10,16-17H,3,6,9,11-12H2. The van der Waals surface area contributed by atoms with Crippen LogP contribution in [0.1, 0.15) is 18.4 Å². The minimum absolute atomic E-state index is 0.522. The SMILES string of the molecule is BrC(Cc1ccc2ccccc2c1)C1CCCOC1. The van der Waals surface area contributed by atoms with Crippen LogP contribution in [-0.4, -0.2) is 18.0 Å². The van der Waals surface area contributed by atoms with Crippen LogP contribution in [0.15, 0.2) is 42.5 Å². The van der Waals surface area contributed by atoms with Crippen molar-refractivity contribution in [3.8, 4) is 0 Å². The Morgan fingerprint density at radius 2 is 2.00 bits per heavy atom. The highest BCUT2D eigenvalue weighted by atomic mass is 79.9. The zero-order valence-electron chi connectivity index (χ0n) is 11.0. The average Bonchev–Trinajstić information content (AvgIpc) is 2.48. The molecule has 3 rings (SSSR count). The minimum Gasteiger partial charge on any atom is -0.381 e. The lowest BCUT2D eigenvalue weighted by molar-refractivity contribution is 0.0547. The fourth-order valence-electron chi connectivity index (χ4n) is 2.81. The van der Waals surface area contributed by atoms with E-state index in [4.69, 9.17) is 4.74 Å². The van der Waals surface area contributed by atoms with Crippen molar-refractivity contribution in [1.29, 1.82) is 0 Å². The van der Waals surface area contributed by atoms with Gasteiger partial charge >= 0.3 is 0 Å². The van der Waals surface area contributed by atoms with Crippen molar-refractivity contribution in [1.82, 2.24) is 0 Å². The number of rotatable bonds is 3. The summed E-state index contributed by atoms with van der Waals surface area (Å²) in [4.78, 5) is 0.522. The summed E-state index contributed by atoms with van der Waals surface area (Å²) in [5, 5.41) is 2.65. The summed E-state index contributed by atoms with van der Waals surface area (Å²) < 4.78 is 5.58. The molecule has 0 bridgehead atoms. The lowest BCUT2D eigenvalue weighted by atomic mass is 9.93. The second-order valence-corrected chi connectivity index (χ2v) is 6.55. The molecule has 0 aromatic heterocycles. The highest BCUT2D eigenvalue weighted by Crippen LogP contribution is 2.27. The molecule has 1 saturated heterocycles. The van der Waals surface area contributed by atoms with Crippen molar-refractivity contribution >= 4 is 26.7 Å². The van der Waals surface area contributed by atoms with E-state index in [0.29, 0.717) is 10.7 Å². The first-order chi connectivity index (χ1) is 9.33. The van der Waals surface area contributed by atoms with Gasteiger partial charge in [0.15, 0.2) is 0 Å². The lowest BCUT2D eigenvalue weighted by Gasteiger charge is -2.26. The molecule has 1 nitrogen and oxygen atoms in total. The highest BCUT2D eigenvalue weighted by molar-refractivity contribution is 9.09. The fourth-order valence-corrected chi connectivity index (χ4v) is 3.60. The van der Waals surface area contributed by atoms with E-state index in [1.54, 1.807) is 0 Å². The molecular weight excluding hydrogens is 300 g/mol. The van der Waals surface area contributed by atoms with Gasteiger partial charge in [-0.25, -0.2) is 0 Å². The van der Waals surface area contributed by atoms with Crippen LogP contribution in [0.3, 0.4) is 0 Å². The Kier molecular flexibility index (Phi) is 4.19. The molecular formula is C17H19BrO. The molecule has 2 unspecified atom stereocenters. The first-order valence-electron chi connectivity index (χ1n) is 7.02. The van der Waals surface area contributed by atoms with E-state index in [9.17, 15) is 0 Å². The van der Waals surface area contributed by atoms with Crippen molar-refractivity contribution in [3.63, 3.8) is 0 Å². The third-order valence-corrected chi connectivity index (χ3v) is 5.02. The first kappa shape index (κ1) is 13.1. The molecule has 1 aliphatic heterocycles. The van der Waals surface area contributed by atoms with Crippen molar-refractivity contribution < 1.29 is 4.74 Å². The van der Waals surface area contributed by atoms with Gasteiger partial charge in [0.05, 0.1) is 6.61 Å². The molecule has 100 valence electrons. The van der Waals surface area contributed by atoms with Gasteiger partial charge in [0.1, 0.15) is 0 Å². The van der Waals surface area contributed by atoms with Gasteiger partial charge < -0.3 is 4.74 Å². The zero-order chi connectivity index (χ0) is 13.1. The summed E-state index contributed by atoms with van der Waals surface area (Å²) in [6, 6.07) is 15.3. The predicted molar refractivity (Wildman–Crippen MR) is 83.9 cm³/mol. The Labute approximate surface area is 123 Å². The smallest absolute Gasteiger partial charge is 0.0505 e. The highest BCUT2D eigenvalue weighted by Gasteiger charge is 2.22. The number of ether oxygens (including phenoxy) is 1. The summed E-state index contributed by atoms with van der Waals surface area (Å²) in [5.41, 5.74) is 1.41. The molecule has 0 saturated carbocycles. The van der Waals surface area contributed by atoms with E-state index in [0.717, 1.165) is 19.6 Å². The Balaban J connectivity index is 1.73. The van der Waals surface area contributed by atoms with E-state index in [1.165, 1.54) is 29.2 Å². The van der Waals surface area contributed by atoms with Crippen LogP contribution in [0.5, 0.6) is 0 Å².